The van der Waals surface area contributed by atoms with Gasteiger partial charge in [-0.2, -0.15) is 0 Å². The number of nitrogens with one attached hydrogen (secondary N) is 1. The summed E-state index contributed by atoms with van der Waals surface area (Å²) in [7, 11) is 2.68. The van der Waals surface area contributed by atoms with Crippen molar-refractivity contribution in [1.29, 1.82) is 0 Å². The predicted octanol–water partition coefficient (Wildman–Crippen LogP) is 4.74. The van der Waals surface area contributed by atoms with Gasteiger partial charge in [0, 0.05) is 10.6 Å². The SMILES string of the molecule is Cc1ccc(S)cc1.Nc1nc2ccccc2nc1Nc1ccccc1P. The maximum Gasteiger partial charge on any atom is 0.174 e. The van der Waals surface area contributed by atoms with Gasteiger partial charge in [0.05, 0.1) is 11.0 Å². The molecule has 1 atom stereocenters. The van der Waals surface area contributed by atoms with Gasteiger partial charge in [-0.3, -0.25) is 0 Å². The number of fused-ring (bicyclic) bond motifs is 1. The number of aryl methyl sites for hydroxylation is 1. The third-order valence-corrected chi connectivity index (χ3v) is 4.65. The normalized spacial score (nSPS) is 10.2. The molecule has 0 spiro atoms. The quantitative estimate of drug-likeness (QED) is 0.341. The van der Waals surface area contributed by atoms with Gasteiger partial charge < -0.3 is 11.1 Å². The zero-order valence-electron chi connectivity index (χ0n) is 14.9. The molecule has 1 unspecified atom stereocenters. The van der Waals surface area contributed by atoms with E-state index in [2.05, 4.69) is 44.1 Å². The van der Waals surface area contributed by atoms with E-state index in [1.807, 2.05) is 72.8 Å². The molecule has 0 saturated carbocycles. The highest BCUT2D eigenvalue weighted by Gasteiger charge is 2.06. The van der Waals surface area contributed by atoms with Gasteiger partial charge >= 0.3 is 0 Å². The summed E-state index contributed by atoms with van der Waals surface area (Å²) in [5, 5.41) is 4.27. The van der Waals surface area contributed by atoms with Crippen LogP contribution in [0.2, 0.25) is 0 Å². The van der Waals surface area contributed by atoms with Crippen LogP contribution in [0.1, 0.15) is 5.56 Å². The summed E-state index contributed by atoms with van der Waals surface area (Å²) < 4.78 is 0. The van der Waals surface area contributed by atoms with Crippen LogP contribution < -0.4 is 16.4 Å². The fourth-order valence-corrected chi connectivity index (χ4v) is 2.82. The second-order valence-electron chi connectivity index (χ2n) is 5.99. The molecule has 0 aliphatic carbocycles. The van der Waals surface area contributed by atoms with Crippen LogP contribution in [0, 0.1) is 6.92 Å². The number of hydrogen-bond acceptors (Lipinski definition) is 5. The average molecular weight is 392 g/mol. The molecule has 3 N–H and O–H groups in total. The fraction of sp³-hybridized carbons (Fsp3) is 0.0476. The standard InChI is InChI=1S/C14H13N4P.C7H8S/c15-13-14(18-11-7-3-4-8-12(11)19)17-10-6-2-1-5-9(10)16-13;1-6-2-4-7(8)5-3-6/h1-8H,19H2,(H2,15,16)(H,17,18);2-5,8H,1H3. The summed E-state index contributed by atoms with van der Waals surface area (Å²) in [6.45, 7) is 2.06. The number of benzene rings is 3. The van der Waals surface area contributed by atoms with Crippen molar-refractivity contribution in [3.05, 3.63) is 78.4 Å². The third kappa shape index (κ3) is 5.19. The predicted molar refractivity (Wildman–Crippen MR) is 121 cm³/mol. The Hall–Kier alpha value is -2.62. The van der Waals surface area contributed by atoms with Crippen LogP contribution >= 0.6 is 21.9 Å². The molecular weight excluding hydrogens is 371 g/mol. The van der Waals surface area contributed by atoms with Crippen LogP contribution in [0.5, 0.6) is 0 Å². The van der Waals surface area contributed by atoms with Crippen LogP contribution in [0.4, 0.5) is 17.3 Å². The molecule has 4 rings (SSSR count). The van der Waals surface area contributed by atoms with Gasteiger partial charge in [-0.05, 0) is 42.6 Å². The first-order valence-electron chi connectivity index (χ1n) is 8.42. The molecule has 0 aliphatic rings. The highest BCUT2D eigenvalue weighted by Crippen LogP contribution is 2.22. The number of thiol groups is 1. The molecule has 0 radical (unpaired) electrons. The lowest BCUT2D eigenvalue weighted by Crippen LogP contribution is -2.06. The van der Waals surface area contributed by atoms with E-state index >= 15 is 0 Å². The van der Waals surface area contributed by atoms with E-state index in [-0.39, 0.29) is 0 Å². The van der Waals surface area contributed by atoms with E-state index in [0.29, 0.717) is 11.6 Å². The van der Waals surface area contributed by atoms with Crippen LogP contribution in [0.3, 0.4) is 0 Å². The third-order valence-electron chi connectivity index (χ3n) is 3.85. The van der Waals surface area contributed by atoms with Crippen molar-refractivity contribution in [2.24, 2.45) is 0 Å². The Morgan fingerprint density at radius 2 is 1.44 bits per heavy atom. The number of hydrogen-bond donors (Lipinski definition) is 3. The molecule has 0 saturated heterocycles. The monoisotopic (exact) mass is 392 g/mol. The minimum atomic E-state index is 0.395. The first-order chi connectivity index (χ1) is 13.0. The van der Waals surface area contributed by atoms with Crippen molar-refractivity contribution in [3.63, 3.8) is 0 Å². The van der Waals surface area contributed by atoms with E-state index in [1.165, 1.54) is 5.56 Å². The zero-order valence-corrected chi connectivity index (χ0v) is 17.0. The number of nitrogens with zero attached hydrogens (tertiary/aromatic N) is 2. The van der Waals surface area contributed by atoms with Crippen molar-refractivity contribution in [1.82, 2.24) is 9.97 Å². The number of anilines is 3. The number of rotatable bonds is 2. The molecule has 0 aliphatic heterocycles. The Bertz CT molecular complexity index is 1030. The van der Waals surface area contributed by atoms with Crippen molar-refractivity contribution in [2.45, 2.75) is 11.8 Å². The lowest BCUT2D eigenvalue weighted by atomic mass is 10.2. The van der Waals surface area contributed by atoms with Crippen LogP contribution in [-0.2, 0) is 0 Å². The Kier molecular flexibility index (Phi) is 6.28. The first-order valence-corrected chi connectivity index (χ1v) is 9.45. The Morgan fingerprint density at radius 1 is 0.852 bits per heavy atom. The molecule has 136 valence electrons. The first kappa shape index (κ1) is 19.2. The molecule has 6 heteroatoms. The van der Waals surface area contributed by atoms with Gasteiger partial charge in [0.25, 0.3) is 0 Å². The molecular formula is C21H21N4PS. The zero-order chi connectivity index (χ0) is 19.2. The number of para-hydroxylation sites is 3. The lowest BCUT2D eigenvalue weighted by molar-refractivity contribution is 1.29. The van der Waals surface area contributed by atoms with Gasteiger partial charge in [0.15, 0.2) is 11.6 Å². The van der Waals surface area contributed by atoms with Crippen LogP contribution in [-0.4, -0.2) is 9.97 Å². The minimum absolute atomic E-state index is 0.395. The Balaban J connectivity index is 0.000000221. The summed E-state index contributed by atoms with van der Waals surface area (Å²) in [5.74, 6) is 0.973. The number of nitrogen functional groups attached to an aromatic ring is 1. The topological polar surface area (TPSA) is 63.8 Å². The van der Waals surface area contributed by atoms with Crippen LogP contribution in [0.25, 0.3) is 11.0 Å². The summed E-state index contributed by atoms with van der Waals surface area (Å²) in [4.78, 5) is 9.87. The van der Waals surface area contributed by atoms with Gasteiger partial charge in [-0.25, -0.2) is 9.97 Å². The highest BCUT2D eigenvalue weighted by atomic mass is 32.1. The Labute approximate surface area is 166 Å². The van der Waals surface area contributed by atoms with E-state index < -0.39 is 0 Å². The Morgan fingerprint density at radius 3 is 2.07 bits per heavy atom. The van der Waals surface area contributed by atoms with Gasteiger partial charge in [0.1, 0.15) is 0 Å². The second kappa shape index (κ2) is 8.85. The molecule has 0 amide bonds. The molecule has 4 aromatic rings. The fourth-order valence-electron chi connectivity index (χ4n) is 2.39. The smallest absolute Gasteiger partial charge is 0.174 e. The van der Waals surface area contributed by atoms with Crippen molar-refractivity contribution < 1.29 is 0 Å². The highest BCUT2D eigenvalue weighted by molar-refractivity contribution is 7.80. The van der Waals surface area contributed by atoms with E-state index in [0.717, 1.165) is 26.9 Å². The molecule has 1 aromatic heterocycles. The lowest BCUT2D eigenvalue weighted by Gasteiger charge is -2.10. The maximum atomic E-state index is 5.94. The number of nitrogens with two attached hydrogens (primary N) is 1. The minimum Gasteiger partial charge on any atom is -0.381 e. The molecule has 0 fully saturated rings. The van der Waals surface area contributed by atoms with E-state index in [9.17, 15) is 0 Å². The summed E-state index contributed by atoms with van der Waals surface area (Å²) >= 11 is 4.13. The average Bonchev–Trinajstić information content (AvgIpc) is 2.67. The van der Waals surface area contributed by atoms with Crippen molar-refractivity contribution in [3.8, 4) is 0 Å². The summed E-state index contributed by atoms with van der Waals surface area (Å²) in [5.41, 5.74) is 9.79. The van der Waals surface area contributed by atoms with Crippen molar-refractivity contribution >= 4 is 55.5 Å². The number of aromatic nitrogens is 2. The maximum absolute atomic E-state index is 5.94. The van der Waals surface area contributed by atoms with Gasteiger partial charge in [0.2, 0.25) is 0 Å². The summed E-state index contributed by atoms with van der Waals surface area (Å²) in [6.07, 6.45) is 0. The second-order valence-corrected chi connectivity index (χ2v) is 7.13. The van der Waals surface area contributed by atoms with Crippen molar-refractivity contribution in [2.75, 3.05) is 11.1 Å². The molecule has 4 nitrogen and oxygen atoms in total. The summed E-state index contributed by atoms with van der Waals surface area (Å²) in [6, 6.07) is 23.6. The molecule has 0 bridgehead atoms. The molecule has 3 aromatic carbocycles. The largest absolute Gasteiger partial charge is 0.381 e. The van der Waals surface area contributed by atoms with Gasteiger partial charge in [-0.1, -0.05) is 48.0 Å². The van der Waals surface area contributed by atoms with E-state index in [1.54, 1.807) is 0 Å². The molecule has 27 heavy (non-hydrogen) atoms. The van der Waals surface area contributed by atoms with E-state index in [4.69, 9.17) is 5.73 Å². The van der Waals surface area contributed by atoms with Gasteiger partial charge in [-0.15, -0.1) is 21.9 Å². The van der Waals surface area contributed by atoms with Crippen LogP contribution in [0.15, 0.2) is 77.7 Å². The molecule has 1 heterocycles.